The summed E-state index contributed by atoms with van der Waals surface area (Å²) in [5, 5.41) is 4.10. The number of H-pyrrole nitrogens is 1. The fourth-order valence-corrected chi connectivity index (χ4v) is 9.33. The van der Waals surface area contributed by atoms with Gasteiger partial charge in [0.25, 0.3) is 5.91 Å². The van der Waals surface area contributed by atoms with Gasteiger partial charge in [0.05, 0.1) is 16.3 Å². The maximum absolute atomic E-state index is 13.3. The highest BCUT2D eigenvalue weighted by Gasteiger charge is 2.55. The van der Waals surface area contributed by atoms with Crippen molar-refractivity contribution in [2.75, 3.05) is 11.9 Å². The molecule has 5 nitrogen and oxygen atoms in total. The van der Waals surface area contributed by atoms with Crippen LogP contribution in [0.3, 0.4) is 0 Å². The standard InChI is InChI=1S/C26H22ClF3N2O3S2/c27-14-7-8-18(35-11-19(33)31-17-4-2-1-3-16(17)26(28,29)30)15(10-14)21-20-12-5-6-13(9-12)22(20)36-24-23(21)37-25(34)32-24/h1-4,7-8,10,12-13,20-22H,5-6,9,11H2,(H,31,33)(H,32,34)/t12?,13?,20?,21-,22?/m1/s1. The molecule has 2 fully saturated rings. The molecule has 6 rings (SSSR count). The van der Waals surface area contributed by atoms with Crippen molar-refractivity contribution in [3.63, 3.8) is 0 Å². The molecule has 2 aliphatic carbocycles. The lowest BCUT2D eigenvalue weighted by atomic mass is 9.74. The number of carbonyl (C=O) groups is 1. The Morgan fingerprint density at radius 1 is 1.16 bits per heavy atom. The van der Waals surface area contributed by atoms with E-state index >= 15 is 0 Å². The summed E-state index contributed by atoms with van der Waals surface area (Å²) in [6.45, 7) is -0.474. The molecular formula is C26H22ClF3N2O3S2. The largest absolute Gasteiger partial charge is 0.483 e. The Hall–Kier alpha value is -2.43. The normalized spacial score (nSPS) is 26.0. The van der Waals surface area contributed by atoms with E-state index in [0.717, 1.165) is 34.4 Å². The summed E-state index contributed by atoms with van der Waals surface area (Å²) < 4.78 is 45.9. The number of aromatic amines is 1. The number of halogens is 4. The van der Waals surface area contributed by atoms with E-state index in [1.807, 2.05) is 6.07 Å². The minimum absolute atomic E-state index is 0.108. The van der Waals surface area contributed by atoms with Crippen LogP contribution >= 0.6 is 34.7 Å². The molecule has 1 aliphatic heterocycles. The second-order valence-corrected chi connectivity index (χ2v) is 12.4. The third-order valence-corrected chi connectivity index (χ3v) is 10.5. The highest BCUT2D eigenvalue weighted by Crippen LogP contribution is 2.64. The first-order chi connectivity index (χ1) is 17.7. The van der Waals surface area contributed by atoms with Gasteiger partial charge in [-0.1, -0.05) is 35.1 Å². The Morgan fingerprint density at radius 2 is 1.95 bits per heavy atom. The predicted molar refractivity (Wildman–Crippen MR) is 138 cm³/mol. The summed E-state index contributed by atoms with van der Waals surface area (Å²) in [5.74, 6) is 1.07. The molecule has 1 aromatic heterocycles. The number of nitrogens with one attached hydrogen (secondary N) is 2. The van der Waals surface area contributed by atoms with Crippen molar-refractivity contribution >= 4 is 46.3 Å². The Bertz CT molecular complexity index is 1420. The molecule has 2 bridgehead atoms. The summed E-state index contributed by atoms with van der Waals surface area (Å²) in [6.07, 6.45) is -1.10. The lowest BCUT2D eigenvalue weighted by Crippen LogP contribution is -2.34. The van der Waals surface area contributed by atoms with Crippen LogP contribution in [-0.4, -0.2) is 22.7 Å². The monoisotopic (exact) mass is 566 g/mol. The number of thiazole rings is 1. The molecule has 0 radical (unpaired) electrons. The number of thioether (sulfide) groups is 1. The molecule has 2 aromatic carbocycles. The van der Waals surface area contributed by atoms with Crippen molar-refractivity contribution in [2.24, 2.45) is 17.8 Å². The lowest BCUT2D eigenvalue weighted by Gasteiger charge is -2.40. The number of aromatic nitrogens is 1. The van der Waals surface area contributed by atoms with Crippen LogP contribution in [-0.2, 0) is 11.0 Å². The molecular weight excluding hydrogens is 545 g/mol. The summed E-state index contributed by atoms with van der Waals surface area (Å²) >= 11 is 9.37. The molecule has 194 valence electrons. The molecule has 2 N–H and O–H groups in total. The molecule has 0 spiro atoms. The first-order valence-corrected chi connectivity index (χ1v) is 14.0. The van der Waals surface area contributed by atoms with Gasteiger partial charge in [-0.25, -0.2) is 0 Å². The van der Waals surface area contributed by atoms with Gasteiger partial charge < -0.3 is 15.0 Å². The Kier molecular flexibility index (Phi) is 6.32. The van der Waals surface area contributed by atoms with Gasteiger partial charge in [0.15, 0.2) is 6.61 Å². The third kappa shape index (κ3) is 4.57. The quantitative estimate of drug-likeness (QED) is 0.357. The number of hydrogen-bond acceptors (Lipinski definition) is 5. The number of ether oxygens (including phenoxy) is 1. The highest BCUT2D eigenvalue weighted by molar-refractivity contribution is 8.00. The number of amides is 1. The van der Waals surface area contributed by atoms with Gasteiger partial charge in [-0.15, -0.1) is 11.8 Å². The van der Waals surface area contributed by atoms with Gasteiger partial charge in [0.2, 0.25) is 0 Å². The number of fused-ring (bicyclic) bond motifs is 6. The van der Waals surface area contributed by atoms with Gasteiger partial charge in [-0.3, -0.25) is 9.59 Å². The minimum atomic E-state index is -4.60. The van der Waals surface area contributed by atoms with Gasteiger partial charge in [0, 0.05) is 26.6 Å². The van der Waals surface area contributed by atoms with Crippen LogP contribution < -0.4 is 14.9 Å². The zero-order chi connectivity index (χ0) is 25.9. The molecule has 1 amide bonds. The minimum Gasteiger partial charge on any atom is -0.483 e. The molecule has 3 aliphatic rings. The number of hydrogen-bond donors (Lipinski definition) is 2. The topological polar surface area (TPSA) is 71.2 Å². The fourth-order valence-electron chi connectivity index (χ4n) is 6.26. The van der Waals surface area contributed by atoms with Gasteiger partial charge in [0.1, 0.15) is 5.75 Å². The van der Waals surface area contributed by atoms with Crippen molar-refractivity contribution in [3.05, 3.63) is 73.2 Å². The van der Waals surface area contributed by atoms with Gasteiger partial charge >= 0.3 is 11.0 Å². The van der Waals surface area contributed by atoms with Crippen molar-refractivity contribution in [1.82, 2.24) is 4.98 Å². The van der Waals surface area contributed by atoms with E-state index in [1.54, 1.807) is 23.9 Å². The lowest BCUT2D eigenvalue weighted by molar-refractivity contribution is -0.137. The Balaban J connectivity index is 1.29. The average Bonchev–Trinajstić information content (AvgIpc) is 3.55. The van der Waals surface area contributed by atoms with Crippen molar-refractivity contribution in [2.45, 2.75) is 41.6 Å². The van der Waals surface area contributed by atoms with Crippen LogP contribution in [0.5, 0.6) is 5.75 Å². The maximum Gasteiger partial charge on any atom is 0.418 e. The van der Waals surface area contributed by atoms with Gasteiger partial charge in [-0.05, 0) is 67.3 Å². The summed E-state index contributed by atoms with van der Waals surface area (Å²) in [4.78, 5) is 28.8. The van der Waals surface area contributed by atoms with E-state index < -0.39 is 24.3 Å². The van der Waals surface area contributed by atoms with Gasteiger partial charge in [-0.2, -0.15) is 13.2 Å². The number of benzene rings is 2. The molecule has 2 heterocycles. The maximum atomic E-state index is 13.3. The second-order valence-electron chi connectivity index (χ2n) is 9.74. The third-order valence-electron chi connectivity index (χ3n) is 7.64. The predicted octanol–water partition coefficient (Wildman–Crippen LogP) is 6.78. The molecule has 3 aromatic rings. The summed E-state index contributed by atoms with van der Waals surface area (Å²) in [5.41, 5.74) is -0.446. The fraction of sp³-hybridized carbons (Fsp3) is 0.385. The van der Waals surface area contributed by atoms with Crippen LogP contribution in [0.4, 0.5) is 18.9 Å². The number of carbonyl (C=O) groups excluding carboxylic acids is 1. The molecule has 4 unspecified atom stereocenters. The Labute approximate surface area is 223 Å². The molecule has 11 heteroatoms. The van der Waals surface area contributed by atoms with E-state index in [2.05, 4.69) is 10.3 Å². The number of para-hydroxylation sites is 1. The average molecular weight is 567 g/mol. The SMILES string of the molecule is O=C(COc1ccc(Cl)cc1[C@H]1c2sc(=O)[nH]c2SC2C3CCC(C3)C21)Nc1ccccc1C(F)(F)F. The molecule has 2 saturated carbocycles. The first kappa shape index (κ1) is 24.9. The summed E-state index contributed by atoms with van der Waals surface area (Å²) in [6, 6.07) is 9.99. The highest BCUT2D eigenvalue weighted by atomic mass is 35.5. The smallest absolute Gasteiger partial charge is 0.418 e. The van der Waals surface area contributed by atoms with Crippen molar-refractivity contribution in [1.29, 1.82) is 0 Å². The van der Waals surface area contributed by atoms with Crippen LogP contribution in [0, 0.1) is 17.8 Å². The summed E-state index contributed by atoms with van der Waals surface area (Å²) in [7, 11) is 0. The number of alkyl halides is 3. The Morgan fingerprint density at radius 3 is 2.76 bits per heavy atom. The van der Waals surface area contributed by atoms with E-state index in [9.17, 15) is 22.8 Å². The number of anilines is 1. The van der Waals surface area contributed by atoms with E-state index in [1.165, 1.54) is 36.0 Å². The van der Waals surface area contributed by atoms with E-state index in [0.29, 0.717) is 33.8 Å². The van der Waals surface area contributed by atoms with Crippen LogP contribution in [0.15, 0.2) is 52.3 Å². The van der Waals surface area contributed by atoms with Crippen molar-refractivity contribution < 1.29 is 22.7 Å². The van der Waals surface area contributed by atoms with Crippen LogP contribution in [0.25, 0.3) is 0 Å². The van der Waals surface area contributed by atoms with Crippen LogP contribution in [0.1, 0.15) is 41.2 Å². The molecule has 37 heavy (non-hydrogen) atoms. The van der Waals surface area contributed by atoms with Crippen LogP contribution in [0.2, 0.25) is 5.02 Å². The zero-order valence-corrected chi connectivity index (χ0v) is 21.7. The first-order valence-electron chi connectivity index (χ1n) is 12.0. The van der Waals surface area contributed by atoms with E-state index in [-0.39, 0.29) is 16.5 Å². The van der Waals surface area contributed by atoms with Crippen molar-refractivity contribution in [3.8, 4) is 5.75 Å². The van der Waals surface area contributed by atoms with E-state index in [4.69, 9.17) is 16.3 Å². The number of rotatable bonds is 5. The second kappa shape index (κ2) is 9.39. The zero-order valence-electron chi connectivity index (χ0n) is 19.3. The molecule has 0 saturated heterocycles. The molecule has 5 atom stereocenters.